The molecule has 8 nitrogen and oxygen atoms in total. The summed E-state index contributed by atoms with van der Waals surface area (Å²) in [6.45, 7) is 0.189. The number of tetrazole rings is 1. The predicted molar refractivity (Wildman–Crippen MR) is 116 cm³/mol. The highest BCUT2D eigenvalue weighted by atomic mass is 16.5. The number of aryl methyl sites for hydroxylation is 1. The van der Waals surface area contributed by atoms with Crippen molar-refractivity contribution in [2.45, 2.75) is 6.61 Å². The van der Waals surface area contributed by atoms with E-state index in [0.29, 0.717) is 22.7 Å². The van der Waals surface area contributed by atoms with Crippen LogP contribution in [-0.2, 0) is 13.7 Å². The molecule has 4 rings (SSSR count). The normalized spacial score (nSPS) is 10.7. The Morgan fingerprint density at radius 3 is 2.29 bits per heavy atom. The van der Waals surface area contributed by atoms with Gasteiger partial charge in [-0.1, -0.05) is 30.3 Å². The zero-order valence-corrected chi connectivity index (χ0v) is 17.5. The zero-order chi connectivity index (χ0) is 21.8. The highest BCUT2D eigenvalue weighted by Crippen LogP contribution is 2.29. The smallest absolute Gasteiger partial charge is 0.368 e. The fraction of sp³-hybridized carbons (Fsp3) is 0.174. The third kappa shape index (κ3) is 4.13. The Bertz CT molecular complexity index is 1250. The number of methoxy groups -OCH3 is 2. The Balaban J connectivity index is 1.62. The maximum absolute atomic E-state index is 12.4. The number of ether oxygens (including phenoxy) is 3. The summed E-state index contributed by atoms with van der Waals surface area (Å²) in [4.78, 5) is 12.4. The Labute approximate surface area is 179 Å². The molecule has 4 aromatic rings. The second kappa shape index (κ2) is 8.74. The number of hydrogen-bond donors (Lipinski definition) is 0. The Hall–Kier alpha value is -4.07. The van der Waals surface area contributed by atoms with E-state index >= 15 is 0 Å². The van der Waals surface area contributed by atoms with E-state index in [1.807, 2.05) is 54.6 Å². The first kappa shape index (κ1) is 20.2. The molecule has 0 saturated heterocycles. The van der Waals surface area contributed by atoms with Crippen molar-refractivity contribution in [2.24, 2.45) is 7.05 Å². The zero-order valence-electron chi connectivity index (χ0n) is 17.5. The van der Waals surface area contributed by atoms with Crippen LogP contribution in [0.4, 0.5) is 0 Å². The molecule has 0 N–H and O–H groups in total. The minimum absolute atomic E-state index is 0.189. The van der Waals surface area contributed by atoms with Crippen LogP contribution in [-0.4, -0.2) is 34.0 Å². The molecule has 0 radical (unpaired) electrons. The van der Waals surface area contributed by atoms with Crippen molar-refractivity contribution in [1.82, 2.24) is 19.8 Å². The third-order valence-corrected chi connectivity index (χ3v) is 4.92. The van der Waals surface area contributed by atoms with Crippen LogP contribution in [0.25, 0.3) is 16.8 Å². The number of rotatable bonds is 7. The van der Waals surface area contributed by atoms with E-state index in [0.717, 1.165) is 16.9 Å². The molecule has 1 heterocycles. The molecule has 0 aliphatic rings. The van der Waals surface area contributed by atoms with Crippen LogP contribution in [0.2, 0.25) is 0 Å². The van der Waals surface area contributed by atoms with Crippen molar-refractivity contribution >= 4 is 0 Å². The molecule has 3 aromatic carbocycles. The van der Waals surface area contributed by atoms with Gasteiger partial charge in [-0.2, -0.15) is 9.36 Å². The summed E-state index contributed by atoms with van der Waals surface area (Å²) in [7, 11) is 4.77. The topological polar surface area (TPSA) is 80.4 Å². The molecule has 1 aromatic heterocycles. The van der Waals surface area contributed by atoms with Crippen LogP contribution in [0.15, 0.2) is 71.5 Å². The summed E-state index contributed by atoms with van der Waals surface area (Å²) in [6.07, 6.45) is 0. The van der Waals surface area contributed by atoms with Gasteiger partial charge < -0.3 is 14.2 Å². The van der Waals surface area contributed by atoms with Gasteiger partial charge in [0.15, 0.2) is 0 Å². The van der Waals surface area contributed by atoms with Crippen molar-refractivity contribution in [3.8, 4) is 34.1 Å². The van der Waals surface area contributed by atoms with E-state index in [9.17, 15) is 4.79 Å². The van der Waals surface area contributed by atoms with Gasteiger partial charge in [-0.3, -0.25) is 0 Å². The number of nitrogens with zero attached hydrogens (tertiary/aromatic N) is 4. The van der Waals surface area contributed by atoms with Gasteiger partial charge in [-0.25, -0.2) is 4.79 Å². The standard InChI is InChI=1S/C23H22N4O4/c1-26-23(28)27(25-24-26)21-8-5-9-22(30-3)20(21)15-31-19-7-4-6-17(14-19)16-10-12-18(29-2)13-11-16/h4-14H,15H2,1-3H3. The van der Waals surface area contributed by atoms with Crippen molar-refractivity contribution < 1.29 is 14.2 Å². The van der Waals surface area contributed by atoms with E-state index < -0.39 is 0 Å². The van der Waals surface area contributed by atoms with Crippen molar-refractivity contribution in [3.05, 3.63) is 82.8 Å². The first-order chi connectivity index (χ1) is 15.1. The first-order valence-corrected chi connectivity index (χ1v) is 9.63. The summed E-state index contributed by atoms with van der Waals surface area (Å²) in [6, 6.07) is 21.0. The van der Waals surface area contributed by atoms with Gasteiger partial charge in [0.25, 0.3) is 0 Å². The Kier molecular flexibility index (Phi) is 5.70. The summed E-state index contributed by atoms with van der Waals surface area (Å²) < 4.78 is 19.2. The minimum atomic E-state index is -0.351. The van der Waals surface area contributed by atoms with Crippen LogP contribution in [0.1, 0.15) is 5.56 Å². The van der Waals surface area contributed by atoms with Gasteiger partial charge in [0.1, 0.15) is 23.9 Å². The van der Waals surface area contributed by atoms with Crippen molar-refractivity contribution in [1.29, 1.82) is 0 Å². The van der Waals surface area contributed by atoms with Crippen LogP contribution in [0.3, 0.4) is 0 Å². The third-order valence-electron chi connectivity index (χ3n) is 4.92. The Morgan fingerprint density at radius 2 is 1.61 bits per heavy atom. The van der Waals surface area contributed by atoms with E-state index in [2.05, 4.69) is 10.4 Å². The lowest BCUT2D eigenvalue weighted by Crippen LogP contribution is -2.23. The quantitative estimate of drug-likeness (QED) is 0.458. The molecule has 158 valence electrons. The largest absolute Gasteiger partial charge is 0.497 e. The second-order valence-corrected chi connectivity index (χ2v) is 6.80. The lowest BCUT2D eigenvalue weighted by Gasteiger charge is -2.14. The molecular weight excluding hydrogens is 396 g/mol. The lowest BCUT2D eigenvalue weighted by molar-refractivity contribution is 0.296. The molecular formula is C23H22N4O4. The maximum Gasteiger partial charge on any atom is 0.368 e. The molecule has 0 saturated carbocycles. The average molecular weight is 418 g/mol. The SMILES string of the molecule is COc1ccc(-c2cccc(OCc3c(OC)cccc3-n3nnn(C)c3=O)c2)cc1. The molecule has 0 fully saturated rings. The van der Waals surface area contributed by atoms with E-state index in [1.54, 1.807) is 33.4 Å². The van der Waals surface area contributed by atoms with E-state index in [-0.39, 0.29) is 12.3 Å². The van der Waals surface area contributed by atoms with Gasteiger partial charge >= 0.3 is 5.69 Å². The number of benzene rings is 3. The first-order valence-electron chi connectivity index (χ1n) is 9.63. The molecule has 0 amide bonds. The maximum atomic E-state index is 12.4. The molecule has 8 heteroatoms. The van der Waals surface area contributed by atoms with Crippen molar-refractivity contribution in [2.75, 3.05) is 14.2 Å². The molecule has 0 spiro atoms. The average Bonchev–Trinajstić information content (AvgIpc) is 3.15. The predicted octanol–water partition coefficient (Wildman–Crippen LogP) is 3.23. The fourth-order valence-corrected chi connectivity index (χ4v) is 3.26. The van der Waals surface area contributed by atoms with E-state index in [1.165, 1.54) is 9.36 Å². The molecule has 0 unspecified atom stereocenters. The summed E-state index contributed by atoms with van der Waals surface area (Å²) in [5, 5.41) is 7.73. The molecule has 31 heavy (non-hydrogen) atoms. The minimum Gasteiger partial charge on any atom is -0.497 e. The second-order valence-electron chi connectivity index (χ2n) is 6.80. The van der Waals surface area contributed by atoms with Gasteiger partial charge in [0.2, 0.25) is 0 Å². The monoisotopic (exact) mass is 418 g/mol. The molecule has 0 aliphatic carbocycles. The van der Waals surface area contributed by atoms with Gasteiger partial charge in [-0.15, -0.1) is 0 Å². The van der Waals surface area contributed by atoms with Gasteiger partial charge in [0.05, 0.1) is 25.5 Å². The molecule has 0 aliphatic heterocycles. The van der Waals surface area contributed by atoms with Gasteiger partial charge in [0, 0.05) is 7.05 Å². The number of aromatic nitrogens is 4. The van der Waals surface area contributed by atoms with Crippen LogP contribution < -0.4 is 19.9 Å². The number of hydrogen-bond acceptors (Lipinski definition) is 6. The summed E-state index contributed by atoms with van der Waals surface area (Å²) >= 11 is 0. The Morgan fingerprint density at radius 1 is 0.839 bits per heavy atom. The fourth-order valence-electron chi connectivity index (χ4n) is 3.26. The van der Waals surface area contributed by atoms with Gasteiger partial charge in [-0.05, 0) is 58.0 Å². The van der Waals surface area contributed by atoms with E-state index in [4.69, 9.17) is 14.2 Å². The molecule has 0 bridgehead atoms. The van der Waals surface area contributed by atoms with Crippen LogP contribution in [0.5, 0.6) is 17.2 Å². The van der Waals surface area contributed by atoms with Crippen LogP contribution >= 0.6 is 0 Å². The highest BCUT2D eigenvalue weighted by molar-refractivity contribution is 5.65. The van der Waals surface area contributed by atoms with Crippen LogP contribution in [0, 0.1) is 0 Å². The lowest BCUT2D eigenvalue weighted by atomic mass is 10.1. The van der Waals surface area contributed by atoms with Crippen molar-refractivity contribution in [3.63, 3.8) is 0 Å². The summed E-state index contributed by atoms with van der Waals surface area (Å²) in [5.74, 6) is 2.09. The molecule has 0 atom stereocenters. The summed E-state index contributed by atoms with van der Waals surface area (Å²) in [5.41, 5.74) is 2.98. The highest BCUT2D eigenvalue weighted by Gasteiger charge is 2.16.